The molecule has 0 aromatic rings. The van der Waals surface area contributed by atoms with E-state index in [0.717, 1.165) is 11.1 Å². The Labute approximate surface area is 52.5 Å². The molecule has 0 bridgehead atoms. The van der Waals surface area contributed by atoms with Crippen LogP contribution in [0.4, 0.5) is 0 Å². The maximum atomic E-state index is 4.89. The van der Waals surface area contributed by atoms with Crippen molar-refractivity contribution in [3.63, 3.8) is 0 Å². The molecule has 0 saturated carbocycles. The summed E-state index contributed by atoms with van der Waals surface area (Å²) in [6.45, 7) is 4.62. The molecule has 0 aliphatic rings. The Morgan fingerprint density at radius 1 is 1.86 bits per heavy atom. The largest absolute Gasteiger partial charge is 0.501 e. The van der Waals surface area contributed by atoms with E-state index in [4.69, 9.17) is 4.74 Å². The van der Waals surface area contributed by atoms with E-state index in [0.29, 0.717) is 0 Å². The van der Waals surface area contributed by atoms with Crippen molar-refractivity contribution < 1.29 is 4.74 Å². The predicted molar refractivity (Wildman–Crippen MR) is 34.3 cm³/mol. The maximum absolute atomic E-state index is 4.89. The fourth-order valence-corrected chi connectivity index (χ4v) is 0.330. The van der Waals surface area contributed by atoms with Gasteiger partial charge in [0.25, 0.3) is 0 Å². The minimum absolute atomic E-state index is 0.739. The van der Waals surface area contributed by atoms with E-state index >= 15 is 0 Å². The lowest BCUT2D eigenvalue weighted by Crippen LogP contribution is -1.75. The highest BCUT2D eigenvalue weighted by Crippen LogP contribution is 2.00. The molecule has 7 heavy (non-hydrogen) atoms. The lowest BCUT2D eigenvalue weighted by atomic mass is 10.7. The molecule has 0 saturated heterocycles. The van der Waals surface area contributed by atoms with E-state index in [1.54, 1.807) is 6.26 Å². The van der Waals surface area contributed by atoms with Crippen LogP contribution in [0.1, 0.15) is 13.8 Å². The molecule has 0 amide bonds. The molecule has 0 radical (unpaired) electrons. The van der Waals surface area contributed by atoms with Gasteiger partial charge in [0.05, 0.1) is 12.9 Å². The first-order valence-corrected chi connectivity index (χ1v) is 3.00. The van der Waals surface area contributed by atoms with Crippen LogP contribution in [0.3, 0.4) is 0 Å². The third-order valence-electron chi connectivity index (χ3n) is 0.412. The molecule has 0 heterocycles. The van der Waals surface area contributed by atoms with Gasteiger partial charge in [-0.25, -0.2) is 0 Å². The highest BCUT2D eigenvalue weighted by atomic mass is 79.9. The van der Waals surface area contributed by atoms with Gasteiger partial charge in [-0.3, -0.25) is 0 Å². The Bertz CT molecular complexity index is 64.5. The van der Waals surface area contributed by atoms with E-state index in [2.05, 4.69) is 15.9 Å². The second kappa shape index (κ2) is 4.19. The standard InChI is InChI=1S/C5H9BrO/c1-3-7-4-5(2)6/h4H,3H2,1-2H3/b5-4-. The van der Waals surface area contributed by atoms with Crippen molar-refractivity contribution in [2.24, 2.45) is 0 Å². The molecular formula is C5H9BrO. The molecule has 0 aromatic carbocycles. The summed E-state index contributed by atoms with van der Waals surface area (Å²) in [5.41, 5.74) is 0. The SMILES string of the molecule is CCO/C=C(/C)Br. The molecule has 0 unspecified atom stereocenters. The van der Waals surface area contributed by atoms with Crippen LogP contribution in [0, 0.1) is 0 Å². The van der Waals surface area contributed by atoms with Crippen molar-refractivity contribution in [2.45, 2.75) is 13.8 Å². The van der Waals surface area contributed by atoms with Crippen LogP contribution in [-0.4, -0.2) is 6.61 Å². The molecule has 0 rings (SSSR count). The van der Waals surface area contributed by atoms with Crippen LogP contribution >= 0.6 is 15.9 Å². The first kappa shape index (κ1) is 7.02. The van der Waals surface area contributed by atoms with Gasteiger partial charge in [0.15, 0.2) is 0 Å². The van der Waals surface area contributed by atoms with E-state index < -0.39 is 0 Å². The number of rotatable bonds is 2. The second-order valence-corrected chi connectivity index (χ2v) is 2.41. The highest BCUT2D eigenvalue weighted by Gasteiger charge is 1.73. The molecule has 0 N–H and O–H groups in total. The Hall–Kier alpha value is 0.0200. The molecule has 42 valence electrons. The van der Waals surface area contributed by atoms with Gasteiger partial charge >= 0.3 is 0 Å². The van der Waals surface area contributed by atoms with Crippen molar-refractivity contribution in [3.05, 3.63) is 10.7 Å². The summed E-state index contributed by atoms with van der Waals surface area (Å²) in [7, 11) is 0. The van der Waals surface area contributed by atoms with Crippen LogP contribution in [0.5, 0.6) is 0 Å². The lowest BCUT2D eigenvalue weighted by molar-refractivity contribution is 0.268. The fourth-order valence-electron chi connectivity index (χ4n) is 0.198. The fraction of sp³-hybridized carbons (Fsp3) is 0.600. The Morgan fingerprint density at radius 3 is 2.57 bits per heavy atom. The number of halogens is 1. The Morgan fingerprint density at radius 2 is 2.43 bits per heavy atom. The van der Waals surface area contributed by atoms with E-state index in [9.17, 15) is 0 Å². The number of allylic oxidation sites excluding steroid dienone is 1. The van der Waals surface area contributed by atoms with Crippen LogP contribution < -0.4 is 0 Å². The van der Waals surface area contributed by atoms with Gasteiger partial charge in [0.2, 0.25) is 0 Å². The predicted octanol–water partition coefficient (Wildman–Crippen LogP) is 2.28. The van der Waals surface area contributed by atoms with Crippen LogP contribution in [-0.2, 0) is 4.74 Å². The van der Waals surface area contributed by atoms with Gasteiger partial charge in [-0.05, 0) is 13.8 Å². The molecule has 0 aromatic heterocycles. The van der Waals surface area contributed by atoms with Gasteiger partial charge in [-0.1, -0.05) is 15.9 Å². The summed E-state index contributed by atoms with van der Waals surface area (Å²) >= 11 is 3.21. The number of hydrogen-bond acceptors (Lipinski definition) is 1. The highest BCUT2D eigenvalue weighted by molar-refractivity contribution is 9.11. The van der Waals surface area contributed by atoms with Gasteiger partial charge in [-0.2, -0.15) is 0 Å². The quantitative estimate of drug-likeness (QED) is 0.570. The summed E-state index contributed by atoms with van der Waals surface area (Å²) < 4.78 is 5.91. The smallest absolute Gasteiger partial charge is 0.0927 e. The molecular weight excluding hydrogens is 156 g/mol. The molecule has 1 nitrogen and oxygen atoms in total. The van der Waals surface area contributed by atoms with Crippen molar-refractivity contribution in [2.75, 3.05) is 6.61 Å². The zero-order valence-corrected chi connectivity index (χ0v) is 6.16. The summed E-state index contributed by atoms with van der Waals surface area (Å²) in [5, 5.41) is 0. The van der Waals surface area contributed by atoms with Gasteiger partial charge in [0.1, 0.15) is 0 Å². The zero-order chi connectivity index (χ0) is 5.70. The normalized spacial score (nSPS) is 11.6. The third kappa shape index (κ3) is 6.02. The number of hydrogen-bond donors (Lipinski definition) is 0. The molecule has 0 aliphatic carbocycles. The Kier molecular flexibility index (Phi) is 4.20. The van der Waals surface area contributed by atoms with Crippen molar-refractivity contribution in [3.8, 4) is 0 Å². The van der Waals surface area contributed by atoms with E-state index in [-0.39, 0.29) is 0 Å². The average molecular weight is 165 g/mol. The van der Waals surface area contributed by atoms with Crippen molar-refractivity contribution in [1.29, 1.82) is 0 Å². The molecule has 0 aliphatic heterocycles. The van der Waals surface area contributed by atoms with Gasteiger partial charge in [-0.15, -0.1) is 0 Å². The van der Waals surface area contributed by atoms with Crippen LogP contribution in [0.25, 0.3) is 0 Å². The minimum atomic E-state index is 0.739. The second-order valence-electron chi connectivity index (χ2n) is 1.16. The van der Waals surface area contributed by atoms with E-state index in [1.165, 1.54) is 0 Å². The topological polar surface area (TPSA) is 9.23 Å². The Balaban J connectivity index is 3.08. The van der Waals surface area contributed by atoms with Gasteiger partial charge in [0, 0.05) is 4.48 Å². The molecule has 0 fully saturated rings. The van der Waals surface area contributed by atoms with Crippen LogP contribution in [0.15, 0.2) is 10.7 Å². The molecule has 0 atom stereocenters. The summed E-state index contributed by atoms with van der Waals surface area (Å²) in [5.74, 6) is 0. The summed E-state index contributed by atoms with van der Waals surface area (Å²) in [6.07, 6.45) is 1.68. The lowest BCUT2D eigenvalue weighted by Gasteiger charge is -1.90. The van der Waals surface area contributed by atoms with Gasteiger partial charge < -0.3 is 4.74 Å². The van der Waals surface area contributed by atoms with Crippen LogP contribution in [0.2, 0.25) is 0 Å². The van der Waals surface area contributed by atoms with Crippen molar-refractivity contribution >= 4 is 15.9 Å². The summed E-state index contributed by atoms with van der Waals surface area (Å²) in [4.78, 5) is 0. The zero-order valence-electron chi connectivity index (χ0n) is 4.57. The molecule has 2 heteroatoms. The third-order valence-corrected chi connectivity index (χ3v) is 0.599. The van der Waals surface area contributed by atoms with E-state index in [1.807, 2.05) is 13.8 Å². The monoisotopic (exact) mass is 164 g/mol. The average Bonchev–Trinajstić information content (AvgIpc) is 1.61. The summed E-state index contributed by atoms with van der Waals surface area (Å²) in [6, 6.07) is 0. The van der Waals surface area contributed by atoms with Crippen molar-refractivity contribution in [1.82, 2.24) is 0 Å². The molecule has 0 spiro atoms. The minimum Gasteiger partial charge on any atom is -0.501 e. The maximum Gasteiger partial charge on any atom is 0.0927 e. The first-order valence-electron chi connectivity index (χ1n) is 2.21. The first-order chi connectivity index (χ1) is 3.27. The number of ether oxygens (including phenoxy) is 1.